The van der Waals surface area contributed by atoms with E-state index in [0.29, 0.717) is 5.11 Å². The molecule has 1 heterocycles. The van der Waals surface area contributed by atoms with Gasteiger partial charge < -0.3 is 10.6 Å². The Morgan fingerprint density at radius 2 is 1.70 bits per heavy atom. The van der Waals surface area contributed by atoms with Gasteiger partial charge in [-0.25, -0.2) is 0 Å². The highest BCUT2D eigenvalue weighted by atomic mass is 79.9. The van der Waals surface area contributed by atoms with Crippen molar-refractivity contribution in [3.8, 4) is 0 Å². The van der Waals surface area contributed by atoms with Gasteiger partial charge in [0.05, 0.1) is 18.4 Å². The normalized spacial score (nSPS) is 10.3. The Kier molecular flexibility index (Phi) is 5.05. The Labute approximate surface area is 148 Å². The topological polar surface area (TPSA) is 41.9 Å². The van der Waals surface area contributed by atoms with Crippen LogP contribution in [0.5, 0.6) is 0 Å². The maximum absolute atomic E-state index is 5.32. The van der Waals surface area contributed by atoms with E-state index in [0.717, 1.165) is 22.4 Å². The van der Waals surface area contributed by atoms with Crippen molar-refractivity contribution in [2.24, 2.45) is 0 Å². The van der Waals surface area contributed by atoms with Gasteiger partial charge >= 0.3 is 0 Å². The predicted molar refractivity (Wildman–Crippen MR) is 102 cm³/mol. The maximum Gasteiger partial charge on any atom is 0.175 e. The fourth-order valence-corrected chi connectivity index (χ4v) is 2.61. The molecule has 23 heavy (non-hydrogen) atoms. The van der Waals surface area contributed by atoms with Gasteiger partial charge in [-0.1, -0.05) is 46.3 Å². The van der Waals surface area contributed by atoms with Crippen LogP contribution >= 0.6 is 28.1 Å². The van der Waals surface area contributed by atoms with E-state index in [-0.39, 0.29) is 0 Å². The molecule has 0 spiro atoms. The van der Waals surface area contributed by atoms with E-state index in [9.17, 15) is 0 Å². The van der Waals surface area contributed by atoms with Crippen LogP contribution < -0.4 is 10.6 Å². The zero-order valence-electron chi connectivity index (χ0n) is 12.2. The van der Waals surface area contributed by atoms with Gasteiger partial charge in [0.25, 0.3) is 0 Å². The average Bonchev–Trinajstić information content (AvgIpc) is 2.97. The molecule has 116 valence electrons. The molecule has 4 nitrogen and oxygen atoms in total. The highest BCUT2D eigenvalue weighted by molar-refractivity contribution is 9.10. The molecule has 0 aliphatic heterocycles. The summed E-state index contributed by atoms with van der Waals surface area (Å²) in [4.78, 5) is 0. The first-order chi connectivity index (χ1) is 11.2. The van der Waals surface area contributed by atoms with E-state index in [2.05, 4.69) is 43.8 Å². The highest BCUT2D eigenvalue weighted by Gasteiger charge is 2.03. The minimum atomic E-state index is 0.534. The first-order valence-corrected chi connectivity index (χ1v) is 8.29. The summed E-state index contributed by atoms with van der Waals surface area (Å²) in [5.74, 6) is 0. The van der Waals surface area contributed by atoms with Crippen LogP contribution in [0.15, 0.2) is 71.5 Å². The monoisotopic (exact) mass is 386 g/mol. The summed E-state index contributed by atoms with van der Waals surface area (Å²) >= 11 is 8.73. The lowest BCUT2D eigenvalue weighted by atomic mass is 10.2. The van der Waals surface area contributed by atoms with Crippen LogP contribution in [0, 0.1) is 0 Å². The molecule has 0 unspecified atom stereocenters. The third-order valence-electron chi connectivity index (χ3n) is 3.18. The van der Waals surface area contributed by atoms with E-state index < -0.39 is 0 Å². The van der Waals surface area contributed by atoms with Gasteiger partial charge in [-0.05, 0) is 42.0 Å². The molecule has 0 saturated carbocycles. The number of nitrogens with zero attached hydrogens (tertiary/aromatic N) is 2. The number of aromatic nitrogens is 2. The number of hydrogen-bond acceptors (Lipinski definition) is 2. The van der Waals surface area contributed by atoms with E-state index in [1.165, 1.54) is 5.56 Å². The van der Waals surface area contributed by atoms with Crippen LogP contribution in [0.1, 0.15) is 5.56 Å². The molecule has 1 aromatic heterocycles. The molecule has 6 heteroatoms. The lowest BCUT2D eigenvalue weighted by Gasteiger charge is -2.08. The van der Waals surface area contributed by atoms with Crippen molar-refractivity contribution in [3.63, 3.8) is 0 Å². The third-order valence-corrected chi connectivity index (χ3v) is 3.91. The van der Waals surface area contributed by atoms with Gasteiger partial charge in [0, 0.05) is 16.4 Å². The van der Waals surface area contributed by atoms with Crippen molar-refractivity contribution in [1.82, 2.24) is 9.78 Å². The molecule has 0 fully saturated rings. The second-order valence-corrected chi connectivity index (χ2v) is 6.32. The smallest absolute Gasteiger partial charge is 0.175 e. The first-order valence-electron chi connectivity index (χ1n) is 7.09. The Morgan fingerprint density at radius 3 is 2.43 bits per heavy atom. The number of anilines is 2. The Morgan fingerprint density at radius 1 is 1.00 bits per heavy atom. The van der Waals surface area contributed by atoms with Crippen LogP contribution in [-0.2, 0) is 6.54 Å². The molecular formula is C17H15BrN4S. The molecular weight excluding hydrogens is 372 g/mol. The van der Waals surface area contributed by atoms with Gasteiger partial charge in [0.2, 0.25) is 0 Å². The molecule has 2 aromatic carbocycles. The lowest BCUT2D eigenvalue weighted by molar-refractivity contribution is 0.687. The average molecular weight is 387 g/mol. The van der Waals surface area contributed by atoms with Crippen molar-refractivity contribution in [1.29, 1.82) is 0 Å². The SMILES string of the molecule is S=C(Nc1ccc(Br)cc1)Nc1cnn(Cc2ccccc2)c1. The summed E-state index contributed by atoms with van der Waals surface area (Å²) in [7, 11) is 0. The molecule has 0 atom stereocenters. The zero-order chi connectivity index (χ0) is 16.1. The molecule has 0 bridgehead atoms. The zero-order valence-corrected chi connectivity index (χ0v) is 14.6. The fraction of sp³-hybridized carbons (Fsp3) is 0.0588. The van der Waals surface area contributed by atoms with Gasteiger partial charge in [0.1, 0.15) is 0 Å². The molecule has 0 aliphatic carbocycles. The summed E-state index contributed by atoms with van der Waals surface area (Å²) in [5.41, 5.74) is 3.00. The summed E-state index contributed by atoms with van der Waals surface area (Å²) < 4.78 is 2.91. The molecule has 0 radical (unpaired) electrons. The predicted octanol–water partition coefficient (Wildman–Crippen LogP) is 4.50. The van der Waals surface area contributed by atoms with Gasteiger partial charge in [0.15, 0.2) is 5.11 Å². The van der Waals surface area contributed by atoms with Crippen molar-refractivity contribution >= 4 is 44.6 Å². The van der Waals surface area contributed by atoms with Crippen LogP contribution in [0.2, 0.25) is 0 Å². The molecule has 0 saturated heterocycles. The van der Waals surface area contributed by atoms with Crippen LogP contribution in [0.4, 0.5) is 11.4 Å². The van der Waals surface area contributed by atoms with Crippen LogP contribution in [0.25, 0.3) is 0 Å². The quantitative estimate of drug-likeness (QED) is 0.647. The summed E-state index contributed by atoms with van der Waals surface area (Å²) in [6, 6.07) is 18.0. The maximum atomic E-state index is 5.32. The Balaban J connectivity index is 1.58. The second kappa shape index (κ2) is 7.39. The molecule has 3 rings (SSSR count). The van der Waals surface area contributed by atoms with Gasteiger partial charge in [-0.3, -0.25) is 4.68 Å². The van der Waals surface area contributed by atoms with Crippen molar-refractivity contribution in [3.05, 3.63) is 77.0 Å². The van der Waals surface area contributed by atoms with Crippen LogP contribution in [0.3, 0.4) is 0 Å². The lowest BCUT2D eigenvalue weighted by Crippen LogP contribution is -2.18. The summed E-state index contributed by atoms with van der Waals surface area (Å²) in [6.07, 6.45) is 3.70. The minimum Gasteiger partial charge on any atom is -0.332 e. The Bertz CT molecular complexity index is 784. The number of thiocarbonyl (C=S) groups is 1. The molecule has 3 aromatic rings. The Hall–Kier alpha value is -2.18. The first kappa shape index (κ1) is 15.7. The number of nitrogens with one attached hydrogen (secondary N) is 2. The van der Waals surface area contributed by atoms with E-state index in [4.69, 9.17) is 12.2 Å². The van der Waals surface area contributed by atoms with Crippen molar-refractivity contribution < 1.29 is 0 Å². The second-order valence-electron chi connectivity index (χ2n) is 5.00. The van der Waals surface area contributed by atoms with Crippen molar-refractivity contribution in [2.45, 2.75) is 6.54 Å². The number of halogens is 1. The summed E-state index contributed by atoms with van der Waals surface area (Å²) in [6.45, 7) is 0.732. The van der Waals surface area contributed by atoms with E-state index in [1.807, 2.05) is 53.3 Å². The van der Waals surface area contributed by atoms with E-state index in [1.54, 1.807) is 6.20 Å². The standard InChI is InChI=1S/C17H15BrN4S/c18-14-6-8-15(9-7-14)20-17(23)21-16-10-19-22(12-16)11-13-4-2-1-3-5-13/h1-10,12H,11H2,(H2,20,21,23). The van der Waals surface area contributed by atoms with Gasteiger partial charge in [-0.15, -0.1) is 0 Å². The minimum absolute atomic E-state index is 0.534. The molecule has 0 aliphatic rings. The fourth-order valence-electron chi connectivity index (χ4n) is 2.11. The molecule has 2 N–H and O–H groups in total. The van der Waals surface area contributed by atoms with Crippen molar-refractivity contribution in [2.75, 3.05) is 10.6 Å². The number of rotatable bonds is 4. The largest absolute Gasteiger partial charge is 0.332 e. The number of benzene rings is 2. The highest BCUT2D eigenvalue weighted by Crippen LogP contribution is 2.15. The van der Waals surface area contributed by atoms with Crippen LogP contribution in [-0.4, -0.2) is 14.9 Å². The van der Waals surface area contributed by atoms with Gasteiger partial charge in [-0.2, -0.15) is 5.10 Å². The third kappa shape index (κ3) is 4.64. The van der Waals surface area contributed by atoms with E-state index >= 15 is 0 Å². The number of hydrogen-bond donors (Lipinski definition) is 2. The summed E-state index contributed by atoms with van der Waals surface area (Å²) in [5, 5.41) is 11.2. The molecule has 0 amide bonds.